The highest BCUT2D eigenvalue weighted by Gasteiger charge is 2.35. The molecular formula is C8H19N2+. The molecule has 0 aromatic carbocycles. The van der Waals surface area contributed by atoms with Crippen molar-refractivity contribution in [3.8, 4) is 0 Å². The number of nitrogens with zero attached hydrogens (tertiary/aromatic N) is 2. The average molecular weight is 143 g/mol. The Bertz CT molecular complexity index is 120. The van der Waals surface area contributed by atoms with Crippen LogP contribution < -0.4 is 0 Å². The molecule has 0 N–H and O–H groups in total. The van der Waals surface area contributed by atoms with Gasteiger partial charge in [0.25, 0.3) is 0 Å². The summed E-state index contributed by atoms with van der Waals surface area (Å²) in [5.41, 5.74) is 0. The second-order valence-corrected chi connectivity index (χ2v) is 3.76. The Morgan fingerprint density at radius 3 is 2.30 bits per heavy atom. The quantitative estimate of drug-likeness (QED) is 0.489. The molecule has 0 aliphatic carbocycles. The van der Waals surface area contributed by atoms with Crippen molar-refractivity contribution < 1.29 is 4.48 Å². The molecule has 0 aromatic rings. The molecule has 1 atom stereocenters. The minimum absolute atomic E-state index is 0.713. The summed E-state index contributed by atoms with van der Waals surface area (Å²) < 4.78 is 1.16. The first-order valence-electron chi connectivity index (χ1n) is 4.14. The topological polar surface area (TPSA) is 3.24 Å². The maximum absolute atomic E-state index is 2.53. The van der Waals surface area contributed by atoms with Crippen LogP contribution in [0.15, 0.2) is 0 Å². The van der Waals surface area contributed by atoms with Crippen molar-refractivity contribution in [2.75, 3.05) is 33.7 Å². The molecule has 1 heterocycles. The summed E-state index contributed by atoms with van der Waals surface area (Å²) in [6, 6.07) is 0. The molecule has 0 amide bonds. The molecule has 2 heteroatoms. The van der Waals surface area contributed by atoms with E-state index in [0.29, 0.717) is 6.17 Å². The van der Waals surface area contributed by atoms with Gasteiger partial charge < -0.3 is 4.48 Å². The van der Waals surface area contributed by atoms with Crippen molar-refractivity contribution in [1.29, 1.82) is 0 Å². The van der Waals surface area contributed by atoms with Gasteiger partial charge in [-0.15, -0.1) is 0 Å². The van der Waals surface area contributed by atoms with Gasteiger partial charge in [0.05, 0.1) is 27.2 Å². The van der Waals surface area contributed by atoms with Crippen LogP contribution in [-0.2, 0) is 0 Å². The van der Waals surface area contributed by atoms with Crippen LogP contribution in [0.25, 0.3) is 0 Å². The van der Waals surface area contributed by atoms with E-state index in [4.69, 9.17) is 0 Å². The standard InChI is InChI=1S/C8H19N2/c1-5-9-6-7-10(3,4)8(9)2/h8H,5-7H2,1-4H3/q+1. The fourth-order valence-corrected chi connectivity index (χ4v) is 1.62. The highest BCUT2D eigenvalue weighted by Crippen LogP contribution is 2.17. The molecule has 0 radical (unpaired) electrons. The maximum atomic E-state index is 2.53. The Labute approximate surface area is 64.0 Å². The van der Waals surface area contributed by atoms with Gasteiger partial charge in [0.15, 0.2) is 0 Å². The lowest BCUT2D eigenvalue weighted by molar-refractivity contribution is -0.905. The van der Waals surface area contributed by atoms with E-state index in [0.717, 1.165) is 4.48 Å². The number of quaternary nitrogens is 1. The molecule has 0 spiro atoms. The third-order valence-corrected chi connectivity index (χ3v) is 2.91. The van der Waals surface area contributed by atoms with E-state index in [1.165, 1.54) is 19.6 Å². The summed E-state index contributed by atoms with van der Waals surface area (Å²) in [5, 5.41) is 0. The van der Waals surface area contributed by atoms with E-state index in [9.17, 15) is 0 Å². The largest absolute Gasteiger partial charge is 0.313 e. The van der Waals surface area contributed by atoms with Crippen LogP contribution in [0.5, 0.6) is 0 Å². The van der Waals surface area contributed by atoms with Crippen LogP contribution in [-0.4, -0.2) is 49.3 Å². The van der Waals surface area contributed by atoms with Gasteiger partial charge in [-0.05, 0) is 0 Å². The number of hydrogen-bond acceptors (Lipinski definition) is 1. The Hall–Kier alpha value is -0.0800. The predicted octanol–water partition coefficient (Wildman–Crippen LogP) is 0.744. The van der Waals surface area contributed by atoms with Crippen LogP contribution in [0.4, 0.5) is 0 Å². The van der Waals surface area contributed by atoms with Crippen molar-refractivity contribution in [2.45, 2.75) is 20.0 Å². The fourth-order valence-electron chi connectivity index (χ4n) is 1.62. The summed E-state index contributed by atoms with van der Waals surface area (Å²) in [6.07, 6.45) is 0.713. The molecular weight excluding hydrogens is 124 g/mol. The minimum atomic E-state index is 0.713. The molecule has 1 saturated heterocycles. The van der Waals surface area contributed by atoms with Crippen molar-refractivity contribution in [3.05, 3.63) is 0 Å². The van der Waals surface area contributed by atoms with Crippen molar-refractivity contribution >= 4 is 0 Å². The Balaban J connectivity index is 2.58. The lowest BCUT2D eigenvalue weighted by atomic mass is 10.4. The van der Waals surface area contributed by atoms with Gasteiger partial charge in [0.1, 0.15) is 6.17 Å². The van der Waals surface area contributed by atoms with Crippen LogP contribution in [0.2, 0.25) is 0 Å². The summed E-state index contributed by atoms with van der Waals surface area (Å²) in [5.74, 6) is 0. The first-order chi connectivity index (χ1) is 4.58. The monoisotopic (exact) mass is 143 g/mol. The van der Waals surface area contributed by atoms with Gasteiger partial charge in [-0.1, -0.05) is 6.92 Å². The molecule has 1 aliphatic heterocycles. The smallest absolute Gasteiger partial charge is 0.142 e. The Morgan fingerprint density at radius 1 is 1.50 bits per heavy atom. The van der Waals surface area contributed by atoms with Crippen LogP contribution in [0, 0.1) is 0 Å². The minimum Gasteiger partial charge on any atom is -0.313 e. The number of rotatable bonds is 1. The lowest BCUT2D eigenvalue weighted by Gasteiger charge is -2.31. The SMILES string of the molecule is CCN1CC[N+](C)(C)C1C. The van der Waals surface area contributed by atoms with Crippen LogP contribution in [0.3, 0.4) is 0 Å². The third kappa shape index (κ3) is 1.18. The summed E-state index contributed by atoms with van der Waals surface area (Å²) >= 11 is 0. The van der Waals surface area contributed by atoms with Gasteiger partial charge in [-0.2, -0.15) is 0 Å². The van der Waals surface area contributed by atoms with Crippen molar-refractivity contribution in [3.63, 3.8) is 0 Å². The zero-order chi connectivity index (χ0) is 7.78. The van der Waals surface area contributed by atoms with Crippen molar-refractivity contribution in [2.24, 2.45) is 0 Å². The van der Waals surface area contributed by atoms with Gasteiger partial charge in [0, 0.05) is 13.5 Å². The second kappa shape index (κ2) is 2.51. The van der Waals surface area contributed by atoms with Gasteiger partial charge >= 0.3 is 0 Å². The molecule has 1 aliphatic rings. The zero-order valence-electron chi connectivity index (χ0n) is 7.59. The Morgan fingerprint density at radius 2 is 2.10 bits per heavy atom. The maximum Gasteiger partial charge on any atom is 0.142 e. The molecule has 10 heavy (non-hydrogen) atoms. The van der Waals surface area contributed by atoms with E-state index >= 15 is 0 Å². The number of likely N-dealkylation sites (N-methyl/N-ethyl adjacent to an activating group) is 2. The average Bonchev–Trinajstić information content (AvgIpc) is 2.10. The Kier molecular flexibility index (Phi) is 2.02. The van der Waals surface area contributed by atoms with Crippen LogP contribution >= 0.6 is 0 Å². The van der Waals surface area contributed by atoms with E-state index in [1.807, 2.05) is 0 Å². The van der Waals surface area contributed by atoms with E-state index < -0.39 is 0 Å². The normalized spacial score (nSPS) is 33.0. The summed E-state index contributed by atoms with van der Waals surface area (Å²) in [6.45, 7) is 8.32. The molecule has 1 rings (SSSR count). The third-order valence-electron chi connectivity index (χ3n) is 2.91. The molecule has 60 valence electrons. The van der Waals surface area contributed by atoms with Crippen molar-refractivity contribution in [1.82, 2.24) is 4.90 Å². The highest BCUT2D eigenvalue weighted by molar-refractivity contribution is 4.64. The first-order valence-corrected chi connectivity index (χ1v) is 4.14. The first kappa shape index (κ1) is 8.02. The zero-order valence-corrected chi connectivity index (χ0v) is 7.59. The molecule has 1 unspecified atom stereocenters. The van der Waals surface area contributed by atoms with E-state index in [2.05, 4.69) is 32.8 Å². The van der Waals surface area contributed by atoms with E-state index in [1.54, 1.807) is 0 Å². The second-order valence-electron chi connectivity index (χ2n) is 3.76. The van der Waals surface area contributed by atoms with E-state index in [-0.39, 0.29) is 0 Å². The summed E-state index contributed by atoms with van der Waals surface area (Å²) in [4.78, 5) is 2.53. The molecule has 1 fully saturated rings. The van der Waals surface area contributed by atoms with Gasteiger partial charge in [-0.25, -0.2) is 4.90 Å². The molecule has 0 bridgehead atoms. The predicted molar refractivity (Wildman–Crippen MR) is 43.7 cm³/mol. The number of hydrogen-bond donors (Lipinski definition) is 0. The van der Waals surface area contributed by atoms with Gasteiger partial charge in [0.2, 0.25) is 0 Å². The van der Waals surface area contributed by atoms with Crippen LogP contribution in [0.1, 0.15) is 13.8 Å². The fraction of sp³-hybridized carbons (Fsp3) is 1.00. The van der Waals surface area contributed by atoms with Gasteiger partial charge in [-0.3, -0.25) is 0 Å². The molecule has 0 aromatic heterocycles. The molecule has 2 nitrogen and oxygen atoms in total. The summed E-state index contributed by atoms with van der Waals surface area (Å²) in [7, 11) is 4.61. The lowest BCUT2D eigenvalue weighted by Crippen LogP contribution is -2.46. The highest BCUT2D eigenvalue weighted by atomic mass is 15.5. The molecule has 0 saturated carbocycles.